The number of nitrogens with one attached hydrogen (secondary N) is 1. The number of rotatable bonds is 3. The fourth-order valence-electron chi connectivity index (χ4n) is 0.949. The van der Waals surface area contributed by atoms with Gasteiger partial charge in [0.15, 0.2) is 0 Å². The van der Waals surface area contributed by atoms with Crippen molar-refractivity contribution in [3.8, 4) is 0 Å². The molecule has 0 aliphatic heterocycles. The molecule has 0 spiro atoms. The Balaban J connectivity index is 3.18. The van der Waals surface area contributed by atoms with E-state index in [4.69, 9.17) is 10.9 Å². The van der Waals surface area contributed by atoms with Crippen molar-refractivity contribution < 1.29 is 10.0 Å². The molecule has 1 aromatic rings. The Bertz CT molecular complexity index is 327. The number of nitro benzene ring substituents is 1. The lowest BCUT2D eigenvalue weighted by Gasteiger charge is -2.02. The maximum Gasteiger partial charge on any atom is 0.294 e. The molecular formula is C7H9N3O3. The highest BCUT2D eigenvalue weighted by molar-refractivity contribution is 5.61. The van der Waals surface area contributed by atoms with E-state index in [1.807, 2.05) is 0 Å². The zero-order chi connectivity index (χ0) is 9.84. The van der Waals surface area contributed by atoms with Crippen LogP contribution >= 0.6 is 0 Å². The Labute approximate surface area is 74.1 Å². The van der Waals surface area contributed by atoms with Gasteiger partial charge in [-0.3, -0.25) is 16.0 Å². The molecule has 0 aliphatic carbocycles. The number of anilines is 1. The van der Waals surface area contributed by atoms with Crippen molar-refractivity contribution in [1.82, 2.24) is 0 Å². The normalized spacial score (nSPS) is 9.69. The Morgan fingerprint density at radius 1 is 1.62 bits per heavy atom. The molecule has 0 amide bonds. The molecule has 6 nitrogen and oxygen atoms in total. The third-order valence-corrected chi connectivity index (χ3v) is 1.60. The second-order valence-electron chi connectivity index (χ2n) is 2.41. The number of hydrogen-bond acceptors (Lipinski definition) is 5. The van der Waals surface area contributed by atoms with Gasteiger partial charge in [-0.2, -0.15) is 0 Å². The van der Waals surface area contributed by atoms with Crippen LogP contribution < -0.4 is 11.3 Å². The Hall–Kier alpha value is -1.66. The van der Waals surface area contributed by atoms with Crippen molar-refractivity contribution in [2.75, 3.05) is 5.43 Å². The highest BCUT2D eigenvalue weighted by Gasteiger charge is 2.12. The smallest absolute Gasteiger partial charge is 0.294 e. The lowest BCUT2D eigenvalue weighted by molar-refractivity contribution is -0.384. The number of hydrogen-bond donors (Lipinski definition) is 3. The van der Waals surface area contributed by atoms with Crippen molar-refractivity contribution in [2.24, 2.45) is 5.84 Å². The van der Waals surface area contributed by atoms with Gasteiger partial charge in [-0.05, 0) is 11.6 Å². The number of nitrogens with two attached hydrogens (primary N) is 1. The summed E-state index contributed by atoms with van der Waals surface area (Å²) in [4.78, 5) is 9.92. The molecule has 6 heteroatoms. The van der Waals surface area contributed by atoms with Crippen LogP contribution in [0, 0.1) is 10.1 Å². The van der Waals surface area contributed by atoms with Gasteiger partial charge in [-0.1, -0.05) is 6.07 Å². The first-order valence-corrected chi connectivity index (χ1v) is 3.54. The molecule has 4 N–H and O–H groups in total. The summed E-state index contributed by atoms with van der Waals surface area (Å²) < 4.78 is 0. The minimum Gasteiger partial charge on any atom is -0.392 e. The Kier molecular flexibility index (Phi) is 2.78. The molecule has 0 saturated heterocycles. The average Bonchev–Trinajstić information content (AvgIpc) is 2.16. The standard InChI is InChI=1S/C7H9N3O3/c8-9-6-2-1-5(4-11)3-7(6)10(12)13/h1-3,9,11H,4,8H2. The number of benzene rings is 1. The minimum atomic E-state index is -0.561. The van der Waals surface area contributed by atoms with Gasteiger partial charge < -0.3 is 10.5 Å². The SMILES string of the molecule is NNc1ccc(CO)cc1[N+](=O)[O-]. The van der Waals surface area contributed by atoms with Crippen molar-refractivity contribution in [2.45, 2.75) is 6.61 Å². The third-order valence-electron chi connectivity index (χ3n) is 1.60. The second-order valence-corrected chi connectivity index (χ2v) is 2.41. The van der Waals surface area contributed by atoms with E-state index < -0.39 is 4.92 Å². The highest BCUT2D eigenvalue weighted by atomic mass is 16.6. The van der Waals surface area contributed by atoms with Crippen LogP contribution in [0.3, 0.4) is 0 Å². The van der Waals surface area contributed by atoms with Gasteiger partial charge in [0.2, 0.25) is 0 Å². The largest absolute Gasteiger partial charge is 0.392 e. The number of aliphatic hydroxyl groups excluding tert-OH is 1. The van der Waals surface area contributed by atoms with Crippen LogP contribution in [0.2, 0.25) is 0 Å². The molecule has 0 aromatic heterocycles. The summed E-state index contributed by atoms with van der Waals surface area (Å²) in [6.45, 7) is -0.230. The van der Waals surface area contributed by atoms with Crippen LogP contribution in [0.4, 0.5) is 11.4 Å². The fraction of sp³-hybridized carbons (Fsp3) is 0.143. The number of nitro groups is 1. The molecule has 0 atom stereocenters. The van der Waals surface area contributed by atoms with E-state index in [2.05, 4.69) is 5.43 Å². The summed E-state index contributed by atoms with van der Waals surface area (Å²) in [7, 11) is 0. The lowest BCUT2D eigenvalue weighted by atomic mass is 10.2. The van der Waals surface area contributed by atoms with Crippen molar-refractivity contribution in [3.63, 3.8) is 0 Å². The van der Waals surface area contributed by atoms with Gasteiger partial charge in [0.1, 0.15) is 5.69 Å². The highest BCUT2D eigenvalue weighted by Crippen LogP contribution is 2.24. The molecule has 0 heterocycles. The maximum absolute atomic E-state index is 10.5. The van der Waals surface area contributed by atoms with Crippen LogP contribution in [-0.4, -0.2) is 10.0 Å². The maximum atomic E-state index is 10.5. The first-order chi connectivity index (χ1) is 6.19. The quantitative estimate of drug-likeness (QED) is 0.357. The zero-order valence-corrected chi connectivity index (χ0v) is 6.73. The molecule has 0 saturated carbocycles. The molecule has 1 rings (SSSR count). The number of aliphatic hydroxyl groups is 1. The van der Waals surface area contributed by atoms with E-state index in [1.165, 1.54) is 12.1 Å². The molecule has 0 fully saturated rings. The first-order valence-electron chi connectivity index (χ1n) is 3.54. The predicted molar refractivity (Wildman–Crippen MR) is 46.8 cm³/mol. The number of nitrogen functional groups attached to an aromatic ring is 1. The van der Waals surface area contributed by atoms with E-state index >= 15 is 0 Å². The van der Waals surface area contributed by atoms with Crippen LogP contribution in [0.1, 0.15) is 5.56 Å². The van der Waals surface area contributed by atoms with Gasteiger partial charge in [0.05, 0.1) is 11.5 Å². The molecule has 70 valence electrons. The molecular weight excluding hydrogens is 174 g/mol. The van der Waals surface area contributed by atoms with E-state index in [1.54, 1.807) is 6.07 Å². The van der Waals surface area contributed by atoms with E-state index in [9.17, 15) is 10.1 Å². The van der Waals surface area contributed by atoms with Crippen LogP contribution in [0.5, 0.6) is 0 Å². The third kappa shape index (κ3) is 1.92. The second kappa shape index (κ2) is 3.83. The molecule has 13 heavy (non-hydrogen) atoms. The Morgan fingerprint density at radius 3 is 2.77 bits per heavy atom. The lowest BCUT2D eigenvalue weighted by Crippen LogP contribution is -2.09. The van der Waals surface area contributed by atoms with Gasteiger partial charge in [-0.25, -0.2) is 0 Å². The summed E-state index contributed by atoms with van der Waals surface area (Å²) in [5, 5.41) is 19.2. The van der Waals surface area contributed by atoms with Crippen LogP contribution in [-0.2, 0) is 6.61 Å². The van der Waals surface area contributed by atoms with Crippen molar-refractivity contribution >= 4 is 11.4 Å². The summed E-state index contributed by atoms with van der Waals surface area (Å²) in [5.74, 6) is 5.06. The fourth-order valence-corrected chi connectivity index (χ4v) is 0.949. The van der Waals surface area contributed by atoms with Crippen LogP contribution in [0.15, 0.2) is 18.2 Å². The Morgan fingerprint density at radius 2 is 2.31 bits per heavy atom. The summed E-state index contributed by atoms with van der Waals surface area (Å²) in [5.41, 5.74) is 2.76. The number of hydrazine groups is 1. The monoisotopic (exact) mass is 183 g/mol. The van der Waals surface area contributed by atoms with Crippen LogP contribution in [0.25, 0.3) is 0 Å². The summed E-state index contributed by atoms with van der Waals surface area (Å²) >= 11 is 0. The number of nitrogens with zero attached hydrogens (tertiary/aromatic N) is 1. The van der Waals surface area contributed by atoms with Gasteiger partial charge >= 0.3 is 0 Å². The van der Waals surface area contributed by atoms with Gasteiger partial charge in [0, 0.05) is 6.07 Å². The zero-order valence-electron chi connectivity index (χ0n) is 6.73. The summed E-state index contributed by atoms with van der Waals surface area (Å²) in [6.07, 6.45) is 0. The minimum absolute atomic E-state index is 0.144. The van der Waals surface area contributed by atoms with Gasteiger partial charge in [0.25, 0.3) is 5.69 Å². The van der Waals surface area contributed by atoms with E-state index in [0.29, 0.717) is 5.56 Å². The molecule has 0 radical (unpaired) electrons. The topological polar surface area (TPSA) is 101 Å². The average molecular weight is 183 g/mol. The first kappa shape index (κ1) is 9.43. The van der Waals surface area contributed by atoms with Crippen molar-refractivity contribution in [3.05, 3.63) is 33.9 Å². The van der Waals surface area contributed by atoms with E-state index in [0.717, 1.165) is 0 Å². The van der Waals surface area contributed by atoms with Gasteiger partial charge in [-0.15, -0.1) is 0 Å². The molecule has 0 unspecified atom stereocenters. The molecule has 0 aliphatic rings. The van der Waals surface area contributed by atoms with Crippen molar-refractivity contribution in [1.29, 1.82) is 0 Å². The van der Waals surface area contributed by atoms with E-state index in [-0.39, 0.29) is 18.0 Å². The predicted octanol–water partition coefficient (Wildman–Crippen LogP) is 0.373. The summed E-state index contributed by atoms with van der Waals surface area (Å²) in [6, 6.07) is 4.28. The molecule has 0 bridgehead atoms. The molecule has 1 aromatic carbocycles.